The van der Waals surface area contributed by atoms with Crippen molar-refractivity contribution in [2.24, 2.45) is 0 Å². The fourth-order valence-electron chi connectivity index (χ4n) is 2.45. The van der Waals surface area contributed by atoms with E-state index < -0.39 is 0 Å². The van der Waals surface area contributed by atoms with Gasteiger partial charge in [-0.25, -0.2) is 4.98 Å². The molecule has 22 heavy (non-hydrogen) atoms. The van der Waals surface area contributed by atoms with Crippen LogP contribution in [-0.2, 0) is 16.0 Å². The molecule has 3 rings (SSSR count). The Labute approximate surface area is 133 Å². The van der Waals surface area contributed by atoms with Crippen LogP contribution >= 0.6 is 11.3 Å². The first-order chi connectivity index (χ1) is 10.7. The molecule has 2 N–H and O–H groups in total. The molecule has 0 aliphatic carbocycles. The van der Waals surface area contributed by atoms with Gasteiger partial charge in [0.25, 0.3) is 0 Å². The lowest BCUT2D eigenvalue weighted by molar-refractivity contribution is -0.123. The molecule has 1 amide bonds. The second-order valence-electron chi connectivity index (χ2n) is 5.29. The van der Waals surface area contributed by atoms with Gasteiger partial charge in [-0.2, -0.15) is 0 Å². The molecule has 1 aliphatic heterocycles. The summed E-state index contributed by atoms with van der Waals surface area (Å²) >= 11 is 1.51. The van der Waals surface area contributed by atoms with E-state index in [0.29, 0.717) is 18.3 Å². The molecule has 1 saturated heterocycles. The molecule has 6 heteroatoms. The van der Waals surface area contributed by atoms with Crippen molar-refractivity contribution >= 4 is 22.4 Å². The zero-order chi connectivity index (χ0) is 15.4. The van der Waals surface area contributed by atoms with Crippen LogP contribution in [0, 0.1) is 0 Å². The summed E-state index contributed by atoms with van der Waals surface area (Å²) in [6.45, 7) is 3.24. The van der Waals surface area contributed by atoms with Gasteiger partial charge in [0, 0.05) is 24.0 Å². The third-order valence-electron chi connectivity index (χ3n) is 3.60. The lowest BCUT2D eigenvalue weighted by Crippen LogP contribution is -2.53. The van der Waals surface area contributed by atoms with Crippen LogP contribution in [0.4, 0.5) is 5.13 Å². The van der Waals surface area contributed by atoms with Crippen molar-refractivity contribution in [2.75, 3.05) is 18.5 Å². The fraction of sp³-hybridized carbons (Fsp3) is 0.375. The number of ether oxygens (including phenoxy) is 1. The molecule has 0 saturated carbocycles. The Kier molecular flexibility index (Phi) is 4.82. The second kappa shape index (κ2) is 7.00. The number of nitrogens with zero attached hydrogens (tertiary/aromatic N) is 1. The largest absolute Gasteiger partial charge is 0.375 e. The Balaban J connectivity index is 1.60. The van der Waals surface area contributed by atoms with E-state index in [2.05, 4.69) is 27.8 Å². The Bertz CT molecular complexity index is 629. The van der Waals surface area contributed by atoms with Gasteiger partial charge in [-0.3, -0.25) is 4.79 Å². The Morgan fingerprint density at radius 2 is 2.27 bits per heavy atom. The summed E-state index contributed by atoms with van der Waals surface area (Å²) in [5.41, 5.74) is 1.24. The summed E-state index contributed by atoms with van der Waals surface area (Å²) in [5, 5.41) is 6.68. The number of nitrogens with one attached hydrogen (secondary N) is 2. The number of anilines is 1. The van der Waals surface area contributed by atoms with E-state index in [1.807, 2.05) is 31.3 Å². The predicted octanol–water partition coefficient (Wildman–Crippen LogP) is 2.05. The highest BCUT2D eigenvalue weighted by Crippen LogP contribution is 2.21. The summed E-state index contributed by atoms with van der Waals surface area (Å²) in [7, 11) is 0. The van der Waals surface area contributed by atoms with Gasteiger partial charge in [-0.1, -0.05) is 30.3 Å². The first-order valence-electron chi connectivity index (χ1n) is 7.37. The monoisotopic (exact) mass is 317 g/mol. The molecule has 5 nitrogen and oxygen atoms in total. The van der Waals surface area contributed by atoms with E-state index in [0.717, 1.165) is 11.3 Å². The van der Waals surface area contributed by atoms with Crippen molar-refractivity contribution in [3.63, 3.8) is 0 Å². The van der Waals surface area contributed by atoms with Crippen molar-refractivity contribution in [1.82, 2.24) is 10.3 Å². The maximum atomic E-state index is 12.3. The van der Waals surface area contributed by atoms with Gasteiger partial charge in [-0.05, 0) is 12.5 Å². The van der Waals surface area contributed by atoms with Gasteiger partial charge in [0.2, 0.25) is 5.91 Å². The molecular weight excluding hydrogens is 298 g/mol. The Hall–Kier alpha value is -1.76. The molecule has 116 valence electrons. The van der Waals surface area contributed by atoms with Crippen LogP contribution in [0.25, 0.3) is 0 Å². The van der Waals surface area contributed by atoms with Crippen LogP contribution in [-0.4, -0.2) is 36.2 Å². The van der Waals surface area contributed by atoms with Crippen LogP contribution in [0.3, 0.4) is 0 Å². The van der Waals surface area contributed by atoms with Crippen molar-refractivity contribution in [3.05, 3.63) is 47.0 Å². The first-order valence-corrected chi connectivity index (χ1v) is 8.18. The van der Waals surface area contributed by atoms with Crippen LogP contribution in [0.2, 0.25) is 0 Å². The molecule has 1 aromatic carbocycles. The lowest BCUT2D eigenvalue weighted by atomic mass is 10.1. The topological polar surface area (TPSA) is 63.2 Å². The van der Waals surface area contributed by atoms with Crippen molar-refractivity contribution in [3.8, 4) is 0 Å². The van der Waals surface area contributed by atoms with E-state index in [4.69, 9.17) is 4.74 Å². The zero-order valence-corrected chi connectivity index (χ0v) is 13.2. The normalized spacial score (nSPS) is 21.5. The number of hydrogen-bond donors (Lipinski definition) is 2. The van der Waals surface area contributed by atoms with Crippen LogP contribution < -0.4 is 10.6 Å². The highest BCUT2D eigenvalue weighted by molar-refractivity contribution is 7.15. The third kappa shape index (κ3) is 3.71. The number of aromatic nitrogens is 1. The first kappa shape index (κ1) is 15.1. The SMILES string of the molecule is C[C@H]1OCCN[C@@H]1C(=O)Nc1ncc(Cc2ccccc2)s1. The molecule has 0 bridgehead atoms. The van der Waals surface area contributed by atoms with Gasteiger partial charge < -0.3 is 15.4 Å². The van der Waals surface area contributed by atoms with Crippen LogP contribution in [0.5, 0.6) is 0 Å². The smallest absolute Gasteiger partial charge is 0.245 e. The molecule has 1 aromatic heterocycles. The molecule has 2 atom stereocenters. The quantitative estimate of drug-likeness (QED) is 0.906. The van der Waals surface area contributed by atoms with Gasteiger partial charge in [-0.15, -0.1) is 11.3 Å². The van der Waals surface area contributed by atoms with Crippen molar-refractivity contribution < 1.29 is 9.53 Å². The predicted molar refractivity (Wildman–Crippen MR) is 87.2 cm³/mol. The summed E-state index contributed by atoms with van der Waals surface area (Å²) in [4.78, 5) is 17.7. The molecule has 1 fully saturated rings. The number of carbonyl (C=O) groups excluding carboxylic acids is 1. The maximum absolute atomic E-state index is 12.3. The summed E-state index contributed by atoms with van der Waals surface area (Å²) in [6, 6.07) is 9.90. The van der Waals surface area contributed by atoms with Gasteiger partial charge in [0.1, 0.15) is 6.04 Å². The lowest BCUT2D eigenvalue weighted by Gasteiger charge is -2.28. The molecule has 0 unspecified atom stereocenters. The molecule has 0 spiro atoms. The van der Waals surface area contributed by atoms with E-state index in [-0.39, 0.29) is 18.1 Å². The van der Waals surface area contributed by atoms with E-state index in [9.17, 15) is 4.79 Å². The minimum absolute atomic E-state index is 0.0900. The Morgan fingerprint density at radius 3 is 3.05 bits per heavy atom. The average Bonchev–Trinajstić information content (AvgIpc) is 2.95. The summed E-state index contributed by atoms with van der Waals surface area (Å²) < 4.78 is 5.49. The number of rotatable bonds is 4. The molecule has 2 aromatic rings. The number of hydrogen-bond acceptors (Lipinski definition) is 5. The Morgan fingerprint density at radius 1 is 1.45 bits per heavy atom. The molecule has 0 radical (unpaired) electrons. The standard InChI is InChI=1S/C16H19N3O2S/c1-11-14(17-7-8-21-11)15(20)19-16-18-10-13(22-16)9-12-5-3-2-4-6-12/h2-6,10-11,14,17H,7-9H2,1H3,(H,18,19,20)/t11-,14+/m1/s1. The summed E-state index contributed by atoms with van der Waals surface area (Å²) in [5.74, 6) is -0.0900. The maximum Gasteiger partial charge on any atom is 0.245 e. The van der Waals surface area contributed by atoms with Crippen LogP contribution in [0.15, 0.2) is 36.5 Å². The highest BCUT2D eigenvalue weighted by Gasteiger charge is 2.28. The molecule has 1 aliphatic rings. The fourth-order valence-corrected chi connectivity index (χ4v) is 3.30. The van der Waals surface area contributed by atoms with Gasteiger partial charge in [0.05, 0.1) is 12.7 Å². The number of thiazole rings is 1. The summed E-state index contributed by atoms with van der Waals surface area (Å²) in [6.07, 6.45) is 2.52. The van der Waals surface area contributed by atoms with Crippen LogP contribution in [0.1, 0.15) is 17.4 Å². The zero-order valence-electron chi connectivity index (χ0n) is 12.4. The number of benzene rings is 1. The minimum atomic E-state index is -0.324. The highest BCUT2D eigenvalue weighted by atomic mass is 32.1. The average molecular weight is 317 g/mol. The van der Waals surface area contributed by atoms with E-state index in [1.165, 1.54) is 16.9 Å². The number of amides is 1. The van der Waals surface area contributed by atoms with Gasteiger partial charge in [0.15, 0.2) is 5.13 Å². The second-order valence-corrected chi connectivity index (χ2v) is 6.41. The third-order valence-corrected chi connectivity index (χ3v) is 4.52. The van der Waals surface area contributed by atoms with E-state index in [1.54, 1.807) is 0 Å². The minimum Gasteiger partial charge on any atom is -0.375 e. The number of carbonyl (C=O) groups is 1. The van der Waals surface area contributed by atoms with Crippen molar-refractivity contribution in [1.29, 1.82) is 0 Å². The number of morpholine rings is 1. The van der Waals surface area contributed by atoms with E-state index >= 15 is 0 Å². The molecule has 2 heterocycles. The van der Waals surface area contributed by atoms with Crippen molar-refractivity contribution in [2.45, 2.75) is 25.5 Å². The molecular formula is C16H19N3O2S. The van der Waals surface area contributed by atoms with Gasteiger partial charge >= 0.3 is 0 Å².